The van der Waals surface area contributed by atoms with E-state index in [1.54, 1.807) is 54.5 Å². The van der Waals surface area contributed by atoms with Gasteiger partial charge in [0.05, 0.1) is 39.7 Å². The summed E-state index contributed by atoms with van der Waals surface area (Å²) in [4.78, 5) is 36.6. The number of aromatic nitrogens is 2. The summed E-state index contributed by atoms with van der Waals surface area (Å²) in [6.07, 6.45) is 3.03. The number of morpholine rings is 2. The van der Waals surface area contributed by atoms with Crippen LogP contribution in [0.15, 0.2) is 61.3 Å². The van der Waals surface area contributed by atoms with E-state index in [4.69, 9.17) is 23.9 Å². The topological polar surface area (TPSA) is 129 Å². The molecule has 2 fully saturated rings. The van der Waals surface area contributed by atoms with Crippen LogP contribution >= 0.6 is 0 Å². The molecule has 5 rings (SSSR count). The highest BCUT2D eigenvalue weighted by Crippen LogP contribution is 2.33. The molecule has 41 heavy (non-hydrogen) atoms. The van der Waals surface area contributed by atoms with Crippen molar-refractivity contribution in [3.05, 3.63) is 66.9 Å². The van der Waals surface area contributed by atoms with Gasteiger partial charge in [-0.15, -0.1) is 0 Å². The maximum atomic E-state index is 13.0. The number of H-pyrrole nitrogens is 1. The van der Waals surface area contributed by atoms with Gasteiger partial charge >= 0.3 is 11.8 Å². The van der Waals surface area contributed by atoms with Gasteiger partial charge in [-0.1, -0.05) is 12.6 Å². The fourth-order valence-corrected chi connectivity index (χ4v) is 4.51. The predicted octanol–water partition coefficient (Wildman–Crippen LogP) is 2.87. The van der Waals surface area contributed by atoms with E-state index in [9.17, 15) is 9.59 Å². The van der Waals surface area contributed by atoms with Crippen LogP contribution in [0.5, 0.6) is 17.4 Å². The van der Waals surface area contributed by atoms with E-state index in [2.05, 4.69) is 27.1 Å². The van der Waals surface area contributed by atoms with Crippen molar-refractivity contribution in [2.24, 2.45) is 0 Å². The summed E-state index contributed by atoms with van der Waals surface area (Å²) in [5.41, 5.74) is 2.48. The van der Waals surface area contributed by atoms with Crippen molar-refractivity contribution in [1.82, 2.24) is 9.88 Å². The zero-order valence-corrected chi connectivity index (χ0v) is 22.9. The monoisotopic (exact) mass is 561 g/mol. The number of methoxy groups -OCH3 is 1. The van der Waals surface area contributed by atoms with Crippen LogP contribution in [0.1, 0.15) is 10.4 Å². The Balaban J connectivity index is 1.40. The number of benzene rings is 2. The number of carbonyl (C=O) groups excluding carboxylic acids is 2. The number of rotatable bonds is 9. The first-order chi connectivity index (χ1) is 20.0. The number of nitrogens with zero attached hydrogens (tertiary/aromatic N) is 3. The summed E-state index contributed by atoms with van der Waals surface area (Å²) < 4.78 is 22.7. The van der Waals surface area contributed by atoms with Crippen molar-refractivity contribution in [3.8, 4) is 17.4 Å². The van der Waals surface area contributed by atoms with Crippen LogP contribution in [0.25, 0.3) is 0 Å². The first-order valence-electron chi connectivity index (χ1n) is 13.3. The number of amides is 2. The molecule has 0 atom stereocenters. The Kier molecular flexibility index (Phi) is 8.92. The molecule has 2 aliphatic heterocycles. The van der Waals surface area contributed by atoms with Crippen molar-refractivity contribution < 1.29 is 33.5 Å². The molecule has 12 heteroatoms. The van der Waals surface area contributed by atoms with Crippen molar-refractivity contribution in [3.63, 3.8) is 0 Å². The van der Waals surface area contributed by atoms with E-state index in [0.29, 0.717) is 92.9 Å². The molecule has 12 nitrogen and oxygen atoms in total. The normalized spacial score (nSPS) is 15.1. The molecule has 3 N–H and O–H groups in total. The maximum absolute atomic E-state index is 13.0. The molecule has 0 unspecified atom stereocenters. The molecule has 0 bridgehead atoms. The van der Waals surface area contributed by atoms with Crippen LogP contribution in [0.2, 0.25) is 0 Å². The van der Waals surface area contributed by atoms with Crippen LogP contribution in [0.4, 0.5) is 23.0 Å². The Hall–Kier alpha value is -4.68. The molecular weight excluding hydrogens is 528 g/mol. The summed E-state index contributed by atoms with van der Waals surface area (Å²) in [7, 11) is 1.55. The van der Waals surface area contributed by atoms with Gasteiger partial charge in [0.15, 0.2) is 11.4 Å². The Morgan fingerprint density at radius 2 is 1.80 bits per heavy atom. The number of nitrogens with one attached hydrogen (secondary N) is 3. The van der Waals surface area contributed by atoms with Gasteiger partial charge in [-0.3, -0.25) is 9.59 Å². The molecule has 2 saturated heterocycles. The summed E-state index contributed by atoms with van der Waals surface area (Å²) in [5, 5.41) is 5.98. The van der Waals surface area contributed by atoms with Crippen molar-refractivity contribution in [2.45, 2.75) is 0 Å². The van der Waals surface area contributed by atoms with Crippen molar-refractivity contribution >= 4 is 34.8 Å². The van der Waals surface area contributed by atoms with Crippen molar-refractivity contribution in [1.29, 1.82) is 0 Å². The second kappa shape index (κ2) is 13.1. The van der Waals surface area contributed by atoms with E-state index >= 15 is 0 Å². The van der Waals surface area contributed by atoms with E-state index < -0.39 is 0 Å². The Morgan fingerprint density at radius 1 is 1.05 bits per heavy atom. The van der Waals surface area contributed by atoms with Gasteiger partial charge in [0.1, 0.15) is 11.4 Å². The average Bonchev–Trinajstić information content (AvgIpc) is 3.02. The molecular formula is C29H33N6O6+. The second-order valence-electron chi connectivity index (χ2n) is 9.31. The number of hydrogen-bond acceptors (Lipinski definition) is 9. The SMILES string of the molecule is C=CC(=O)Nc1cccc(Oc2nc(Nc3ccc(C(=O)N4CCOCC4)cc3OC)[nH+]cc2N2CCOCC2)c1. The fourth-order valence-electron chi connectivity index (χ4n) is 4.51. The molecule has 0 radical (unpaired) electrons. The summed E-state index contributed by atoms with van der Waals surface area (Å²) in [6.45, 7) is 8.21. The minimum atomic E-state index is -0.318. The number of hydrogen-bond donors (Lipinski definition) is 2. The van der Waals surface area contributed by atoms with Crippen LogP contribution in [-0.4, -0.2) is 81.4 Å². The molecule has 214 valence electrons. The van der Waals surface area contributed by atoms with Gasteiger partial charge in [0.25, 0.3) is 5.91 Å². The molecule has 3 aromatic rings. The van der Waals surface area contributed by atoms with E-state index in [1.807, 2.05) is 6.20 Å². The lowest BCUT2D eigenvalue weighted by Gasteiger charge is -2.28. The second-order valence-corrected chi connectivity index (χ2v) is 9.31. The first-order valence-corrected chi connectivity index (χ1v) is 13.3. The van der Waals surface area contributed by atoms with Gasteiger partial charge in [0.2, 0.25) is 5.91 Å². The Bertz CT molecular complexity index is 1400. The van der Waals surface area contributed by atoms with E-state index in [-0.39, 0.29) is 11.8 Å². The molecule has 2 amide bonds. The fraction of sp³-hybridized carbons (Fsp3) is 0.310. The van der Waals surface area contributed by atoms with Crippen LogP contribution < -0.4 is 30.0 Å². The van der Waals surface area contributed by atoms with Crippen molar-refractivity contribution in [2.75, 3.05) is 75.2 Å². The number of carbonyl (C=O) groups is 2. The summed E-state index contributed by atoms with van der Waals surface area (Å²) in [5.74, 6) is 1.36. The third-order valence-corrected chi connectivity index (χ3v) is 6.63. The van der Waals surface area contributed by atoms with E-state index in [0.717, 1.165) is 5.69 Å². The Morgan fingerprint density at radius 3 is 2.54 bits per heavy atom. The lowest BCUT2D eigenvalue weighted by atomic mass is 10.1. The third-order valence-electron chi connectivity index (χ3n) is 6.63. The molecule has 0 saturated carbocycles. The highest BCUT2D eigenvalue weighted by Gasteiger charge is 2.25. The zero-order chi connectivity index (χ0) is 28.6. The largest absolute Gasteiger partial charge is 0.493 e. The van der Waals surface area contributed by atoms with Gasteiger partial charge < -0.3 is 34.1 Å². The standard InChI is InChI=1S/C29H32N6O6/c1-3-26(36)31-21-5-4-6-22(18-21)41-27-24(34-9-13-39-14-10-34)19-30-29(33-27)32-23-8-7-20(17-25(23)38-2)28(37)35-11-15-40-16-12-35/h3-8,17-19H,1,9-16H2,2H3,(H,31,36)(H,30,32,33)/p+1. The zero-order valence-electron chi connectivity index (χ0n) is 22.9. The quantitative estimate of drug-likeness (QED) is 0.379. The number of aromatic amines is 1. The van der Waals surface area contributed by atoms with Gasteiger partial charge in [0, 0.05) is 43.5 Å². The summed E-state index contributed by atoms with van der Waals surface area (Å²) >= 11 is 0. The smallest absolute Gasteiger partial charge is 0.398 e. The van der Waals surface area contributed by atoms with Crippen LogP contribution in [0, 0.1) is 0 Å². The highest BCUT2D eigenvalue weighted by atomic mass is 16.5. The molecule has 3 heterocycles. The van der Waals surface area contributed by atoms with Gasteiger partial charge in [-0.05, 0) is 41.4 Å². The molecule has 2 aliphatic rings. The van der Waals surface area contributed by atoms with Crippen LogP contribution in [0.3, 0.4) is 0 Å². The third kappa shape index (κ3) is 6.91. The maximum Gasteiger partial charge on any atom is 0.398 e. The van der Waals surface area contributed by atoms with Gasteiger partial charge in [-0.25, -0.2) is 10.3 Å². The lowest BCUT2D eigenvalue weighted by Crippen LogP contribution is -2.40. The molecule has 0 aliphatic carbocycles. The molecule has 1 aromatic heterocycles. The summed E-state index contributed by atoms with van der Waals surface area (Å²) in [6, 6.07) is 12.3. The minimum Gasteiger partial charge on any atom is -0.493 e. The first kappa shape index (κ1) is 27.9. The number of ether oxygens (including phenoxy) is 4. The lowest BCUT2D eigenvalue weighted by molar-refractivity contribution is -0.364. The highest BCUT2D eigenvalue weighted by molar-refractivity contribution is 5.99. The molecule has 2 aromatic carbocycles. The number of anilines is 4. The average molecular weight is 562 g/mol. The van der Waals surface area contributed by atoms with E-state index in [1.165, 1.54) is 6.08 Å². The minimum absolute atomic E-state index is 0.0695. The predicted molar refractivity (Wildman–Crippen MR) is 152 cm³/mol. The molecule has 0 spiro atoms. The Labute approximate surface area is 237 Å². The van der Waals surface area contributed by atoms with Crippen LogP contribution in [-0.2, 0) is 14.3 Å². The van der Waals surface area contributed by atoms with Gasteiger partial charge in [-0.2, -0.15) is 0 Å².